The number of nitrogens with one attached hydrogen (secondary N) is 1. The summed E-state index contributed by atoms with van der Waals surface area (Å²) in [5.74, 6) is -0.303. The summed E-state index contributed by atoms with van der Waals surface area (Å²) in [7, 11) is 0. The molecule has 194 valence electrons. The van der Waals surface area contributed by atoms with Crippen LogP contribution in [0.3, 0.4) is 0 Å². The number of halogens is 5. The maximum atomic E-state index is 13.5. The lowest BCUT2D eigenvalue weighted by molar-refractivity contribution is -0.139. The molecule has 2 aliphatic heterocycles. The third-order valence-corrected chi connectivity index (χ3v) is 6.86. The van der Waals surface area contributed by atoms with E-state index in [2.05, 4.69) is 15.5 Å². The fourth-order valence-corrected chi connectivity index (χ4v) is 4.79. The number of hydrogen-bond acceptors (Lipinski definition) is 6. The number of alkyl halides is 5. The molecule has 1 spiro atoms. The minimum Gasteiger partial charge on any atom is -0.491 e. The number of ether oxygens (including phenoxy) is 1. The van der Waals surface area contributed by atoms with Crippen molar-refractivity contribution in [2.24, 2.45) is 5.18 Å². The Kier molecular flexibility index (Phi) is 6.76. The zero-order chi connectivity index (χ0) is 26.3. The highest BCUT2D eigenvalue weighted by Gasteiger charge is 2.48. The van der Waals surface area contributed by atoms with Crippen LogP contribution in [0.15, 0.2) is 35.6 Å². The van der Waals surface area contributed by atoms with Gasteiger partial charge in [0.05, 0.1) is 22.9 Å². The Balaban J connectivity index is 1.39. The van der Waals surface area contributed by atoms with E-state index in [0.717, 1.165) is 12.3 Å². The van der Waals surface area contributed by atoms with Gasteiger partial charge in [0.1, 0.15) is 17.9 Å². The van der Waals surface area contributed by atoms with Gasteiger partial charge in [-0.25, -0.2) is 8.78 Å². The molecule has 0 unspecified atom stereocenters. The lowest BCUT2D eigenvalue weighted by Gasteiger charge is -2.38. The van der Waals surface area contributed by atoms with Gasteiger partial charge in [0.15, 0.2) is 0 Å². The smallest absolute Gasteiger partial charge is 0.418 e. The van der Waals surface area contributed by atoms with Crippen LogP contribution in [0.2, 0.25) is 0 Å². The lowest BCUT2D eigenvalue weighted by atomic mass is 9.73. The number of fused-ring (bicyclic) bond motifs is 2. The quantitative estimate of drug-likeness (QED) is 0.397. The average molecular weight is 512 g/mol. The maximum absolute atomic E-state index is 13.5. The van der Waals surface area contributed by atoms with Gasteiger partial charge in [-0.05, 0) is 63.5 Å². The highest BCUT2D eigenvalue weighted by atomic mass is 19.4. The Labute approximate surface area is 204 Å². The van der Waals surface area contributed by atoms with Crippen LogP contribution in [0.25, 0.3) is 0 Å². The molecule has 1 fully saturated rings. The summed E-state index contributed by atoms with van der Waals surface area (Å²) in [4.78, 5) is 29.6. The number of piperidine rings is 1. The van der Waals surface area contributed by atoms with Crippen LogP contribution in [0.1, 0.15) is 55.5 Å². The number of hydrogen-bond donors (Lipinski definition) is 1. The lowest BCUT2D eigenvalue weighted by Crippen LogP contribution is -2.47. The van der Waals surface area contributed by atoms with Crippen molar-refractivity contribution < 1.29 is 31.5 Å². The summed E-state index contributed by atoms with van der Waals surface area (Å²) in [6, 6.07) is 5.01. The summed E-state index contributed by atoms with van der Waals surface area (Å²) >= 11 is 0. The van der Waals surface area contributed by atoms with Crippen LogP contribution < -0.4 is 10.1 Å². The number of likely N-dealkylation sites (tertiary alicyclic amines) is 1. The number of rotatable bonds is 7. The number of carbonyl (C=O) groups is 1. The Bertz CT molecular complexity index is 1160. The third-order valence-electron chi connectivity index (χ3n) is 6.86. The van der Waals surface area contributed by atoms with Gasteiger partial charge in [0, 0.05) is 17.8 Å². The van der Waals surface area contributed by atoms with Gasteiger partial charge in [0.25, 0.3) is 6.43 Å². The van der Waals surface area contributed by atoms with E-state index >= 15 is 0 Å². The summed E-state index contributed by atoms with van der Waals surface area (Å²) < 4.78 is 72.5. The van der Waals surface area contributed by atoms with Gasteiger partial charge in [-0.2, -0.15) is 13.2 Å². The van der Waals surface area contributed by atoms with Gasteiger partial charge in [-0.1, -0.05) is 11.2 Å². The molecule has 0 bridgehead atoms. The fourth-order valence-electron chi connectivity index (χ4n) is 4.79. The van der Waals surface area contributed by atoms with E-state index in [-0.39, 0.29) is 23.8 Å². The van der Waals surface area contributed by atoms with Gasteiger partial charge < -0.3 is 10.1 Å². The summed E-state index contributed by atoms with van der Waals surface area (Å²) in [5.41, 5.74) is -3.11. The van der Waals surface area contributed by atoms with Crippen molar-refractivity contribution in [3.63, 3.8) is 0 Å². The molecule has 7 nitrogen and oxygen atoms in total. The number of aromatic nitrogens is 1. The van der Waals surface area contributed by atoms with Crippen molar-refractivity contribution in [1.82, 2.24) is 9.88 Å². The highest BCUT2D eigenvalue weighted by Crippen LogP contribution is 2.46. The van der Waals surface area contributed by atoms with Gasteiger partial charge in [-0.15, -0.1) is 4.91 Å². The molecule has 1 saturated heterocycles. The standard InChI is InChI=1S/C24H25F5N4O3/c1-22(2,32-35)19-17(24(27,28)29)12-15(13-30-19)36-10-9-33-7-5-23(6-8-33)16-11-14(20(25)26)3-4-18(16)31-21(23)34/h3-4,11-13,20H,5-10H2,1-2H3,(H,31,34). The summed E-state index contributed by atoms with van der Waals surface area (Å²) in [6.07, 6.45) is -5.42. The Morgan fingerprint density at radius 2 is 1.89 bits per heavy atom. The molecule has 12 heteroatoms. The van der Waals surface area contributed by atoms with E-state index in [0.29, 0.717) is 43.7 Å². The van der Waals surface area contributed by atoms with Crippen molar-refractivity contribution in [2.45, 2.75) is 50.2 Å². The Hall–Kier alpha value is -3.15. The number of nitrogens with zero attached hydrogens (tertiary/aromatic N) is 3. The van der Waals surface area contributed by atoms with Gasteiger partial charge in [-0.3, -0.25) is 14.7 Å². The number of anilines is 1. The largest absolute Gasteiger partial charge is 0.491 e. The van der Waals surface area contributed by atoms with E-state index in [1.807, 2.05) is 4.90 Å². The van der Waals surface area contributed by atoms with Crippen molar-refractivity contribution in [2.75, 3.05) is 31.6 Å². The van der Waals surface area contributed by atoms with E-state index in [4.69, 9.17) is 4.74 Å². The third kappa shape index (κ3) is 4.78. The minimum atomic E-state index is -4.74. The van der Waals surface area contributed by atoms with Crippen molar-refractivity contribution in [3.8, 4) is 5.75 Å². The average Bonchev–Trinajstić information content (AvgIpc) is 3.10. The molecule has 1 aromatic carbocycles. The molecule has 1 N–H and O–H groups in total. The van der Waals surface area contributed by atoms with Crippen LogP contribution >= 0.6 is 0 Å². The predicted molar refractivity (Wildman–Crippen MR) is 121 cm³/mol. The first-order valence-electron chi connectivity index (χ1n) is 11.4. The predicted octanol–water partition coefficient (Wildman–Crippen LogP) is 5.40. The first kappa shape index (κ1) is 25.9. The zero-order valence-corrected chi connectivity index (χ0v) is 19.7. The second-order valence-corrected chi connectivity index (χ2v) is 9.55. The topological polar surface area (TPSA) is 83.9 Å². The van der Waals surface area contributed by atoms with E-state index < -0.39 is 34.8 Å². The number of carbonyl (C=O) groups excluding carboxylic acids is 1. The van der Waals surface area contributed by atoms with Gasteiger partial charge >= 0.3 is 6.18 Å². The normalized spacial score (nSPS) is 17.8. The Morgan fingerprint density at radius 3 is 2.50 bits per heavy atom. The van der Waals surface area contributed by atoms with Gasteiger partial charge in [0.2, 0.25) is 5.91 Å². The molecule has 0 saturated carbocycles. The van der Waals surface area contributed by atoms with Crippen molar-refractivity contribution in [1.29, 1.82) is 0 Å². The molecule has 4 rings (SSSR count). The summed E-state index contributed by atoms with van der Waals surface area (Å²) in [6.45, 7) is 3.92. The van der Waals surface area contributed by atoms with E-state index in [9.17, 15) is 31.7 Å². The molecule has 0 aliphatic carbocycles. The first-order valence-corrected chi connectivity index (χ1v) is 11.4. The maximum Gasteiger partial charge on any atom is 0.418 e. The first-order chi connectivity index (χ1) is 16.9. The van der Waals surface area contributed by atoms with Crippen molar-refractivity contribution >= 4 is 11.6 Å². The molecule has 1 aromatic heterocycles. The summed E-state index contributed by atoms with van der Waals surface area (Å²) in [5, 5.41) is 5.54. The van der Waals surface area contributed by atoms with Crippen LogP contribution in [0.5, 0.6) is 5.75 Å². The van der Waals surface area contributed by atoms with Crippen LogP contribution in [-0.4, -0.2) is 42.0 Å². The van der Waals surface area contributed by atoms with Crippen LogP contribution in [-0.2, 0) is 21.9 Å². The second kappa shape index (κ2) is 9.38. The molecule has 36 heavy (non-hydrogen) atoms. The van der Waals surface area contributed by atoms with Crippen LogP contribution in [0.4, 0.5) is 27.6 Å². The molecule has 2 aromatic rings. The molecule has 1 amide bonds. The van der Waals surface area contributed by atoms with E-state index in [1.165, 1.54) is 32.0 Å². The molecule has 0 atom stereocenters. The zero-order valence-electron chi connectivity index (χ0n) is 19.7. The molecule has 3 heterocycles. The molecule has 0 radical (unpaired) electrons. The number of benzene rings is 1. The highest BCUT2D eigenvalue weighted by molar-refractivity contribution is 6.06. The number of amides is 1. The minimum absolute atomic E-state index is 0.0684. The number of pyridine rings is 1. The van der Waals surface area contributed by atoms with Crippen LogP contribution in [0, 0.1) is 4.91 Å². The fraction of sp³-hybridized carbons (Fsp3) is 0.500. The van der Waals surface area contributed by atoms with E-state index in [1.54, 1.807) is 0 Å². The Morgan fingerprint density at radius 1 is 1.19 bits per heavy atom. The van der Waals surface area contributed by atoms with Crippen molar-refractivity contribution in [3.05, 3.63) is 57.8 Å². The molecular formula is C24H25F5N4O3. The molecule has 2 aliphatic rings. The SMILES string of the molecule is CC(C)(N=O)c1ncc(OCCN2CCC3(CC2)C(=O)Nc2ccc(C(F)F)cc23)cc1C(F)(F)F. The number of nitroso groups, excluding NO2 is 1. The molecular weight excluding hydrogens is 487 g/mol. The monoisotopic (exact) mass is 512 g/mol. The second-order valence-electron chi connectivity index (χ2n) is 9.55.